The highest BCUT2D eigenvalue weighted by Crippen LogP contribution is 2.26. The second-order valence-electron chi connectivity index (χ2n) is 9.68. The second kappa shape index (κ2) is 13.0. The average Bonchev–Trinajstić information content (AvgIpc) is 2.88. The summed E-state index contributed by atoms with van der Waals surface area (Å²) < 4.78 is 5.36. The minimum absolute atomic E-state index is 0.311. The fourth-order valence-electron chi connectivity index (χ4n) is 3.91. The minimum atomic E-state index is -1.13. The molecule has 198 valence electrons. The summed E-state index contributed by atoms with van der Waals surface area (Å²) in [6.45, 7) is 5.21. The van der Waals surface area contributed by atoms with Crippen LogP contribution in [0.2, 0.25) is 0 Å². The molecule has 38 heavy (non-hydrogen) atoms. The molecule has 2 unspecified atom stereocenters. The van der Waals surface area contributed by atoms with Crippen molar-refractivity contribution in [2.75, 3.05) is 17.3 Å². The van der Waals surface area contributed by atoms with E-state index in [0.717, 1.165) is 15.7 Å². The van der Waals surface area contributed by atoms with E-state index in [1.54, 1.807) is 51.1 Å². The smallest absolute Gasteiger partial charge is 0.408 e. The maximum atomic E-state index is 13.8. The third kappa shape index (κ3) is 7.77. The highest BCUT2D eigenvalue weighted by atomic mass is 32.2. The van der Waals surface area contributed by atoms with E-state index >= 15 is 0 Å². The maximum Gasteiger partial charge on any atom is 0.408 e. The number of alkyl carbamates (subject to hydrolysis) is 1. The molecular weight excluding hydrogens is 498 g/mol. The molecule has 0 aliphatic rings. The number of nitrogens with zero attached hydrogens (tertiary/aromatic N) is 1. The molecule has 7 nitrogen and oxygen atoms in total. The molecule has 3 rings (SSSR count). The van der Waals surface area contributed by atoms with Gasteiger partial charge in [-0.25, -0.2) is 4.79 Å². The van der Waals surface area contributed by atoms with Crippen molar-refractivity contribution in [3.63, 3.8) is 0 Å². The first-order chi connectivity index (χ1) is 18.1. The third-order valence-electron chi connectivity index (χ3n) is 5.62. The number of hydrogen-bond donors (Lipinski definition) is 2. The Hall–Kier alpha value is -3.96. The van der Waals surface area contributed by atoms with E-state index in [-0.39, 0.29) is 0 Å². The van der Waals surface area contributed by atoms with Crippen molar-refractivity contribution in [2.45, 2.75) is 44.9 Å². The SMILES string of the molecule is C#CN(C(=O)C(CCSC)NC(=O)OC(C)(C)C)C(C(=O)Nc1ccc2ccccc2c1)c1ccccc1. The lowest BCUT2D eigenvalue weighted by molar-refractivity contribution is -0.136. The van der Waals surface area contributed by atoms with E-state index in [4.69, 9.17) is 11.2 Å². The molecule has 0 fully saturated rings. The molecule has 0 aliphatic carbocycles. The predicted molar refractivity (Wildman–Crippen MR) is 154 cm³/mol. The van der Waals surface area contributed by atoms with E-state index in [1.165, 1.54) is 11.8 Å². The van der Waals surface area contributed by atoms with Gasteiger partial charge in [-0.1, -0.05) is 67.1 Å². The summed E-state index contributed by atoms with van der Waals surface area (Å²) in [5, 5.41) is 7.56. The number of carbonyl (C=O) groups excluding carboxylic acids is 3. The Bertz CT molecular complexity index is 1310. The van der Waals surface area contributed by atoms with Gasteiger partial charge in [-0.05, 0) is 67.7 Å². The first-order valence-corrected chi connectivity index (χ1v) is 13.6. The molecule has 0 aliphatic heterocycles. The molecule has 0 heterocycles. The van der Waals surface area contributed by atoms with Crippen LogP contribution in [0, 0.1) is 12.5 Å². The van der Waals surface area contributed by atoms with Gasteiger partial charge in [0, 0.05) is 11.7 Å². The molecule has 3 aromatic rings. The Morgan fingerprint density at radius 1 is 1.00 bits per heavy atom. The van der Waals surface area contributed by atoms with Crippen molar-refractivity contribution in [1.29, 1.82) is 0 Å². The Kier molecular flexibility index (Phi) is 9.80. The number of terminal acetylenes is 1. The lowest BCUT2D eigenvalue weighted by Crippen LogP contribution is -2.51. The number of thioether (sulfide) groups is 1. The number of fused-ring (bicyclic) bond motifs is 1. The van der Waals surface area contributed by atoms with E-state index in [9.17, 15) is 14.4 Å². The molecular formula is C30H33N3O4S. The summed E-state index contributed by atoms with van der Waals surface area (Å²) in [5.74, 6) is -0.460. The quantitative estimate of drug-likeness (QED) is 0.278. The van der Waals surface area contributed by atoms with Crippen molar-refractivity contribution in [3.05, 3.63) is 78.4 Å². The summed E-state index contributed by atoms with van der Waals surface area (Å²) in [7, 11) is 0. The van der Waals surface area contributed by atoms with Gasteiger partial charge in [-0.2, -0.15) is 11.8 Å². The average molecular weight is 532 g/mol. The molecule has 8 heteroatoms. The first-order valence-electron chi connectivity index (χ1n) is 12.3. The Labute approximate surface area is 228 Å². The lowest BCUT2D eigenvalue weighted by Gasteiger charge is -2.30. The number of amides is 3. The van der Waals surface area contributed by atoms with E-state index in [0.29, 0.717) is 23.4 Å². The van der Waals surface area contributed by atoms with E-state index < -0.39 is 35.6 Å². The molecule has 0 bridgehead atoms. The van der Waals surface area contributed by atoms with Gasteiger partial charge in [0.2, 0.25) is 0 Å². The van der Waals surface area contributed by atoms with Crippen LogP contribution in [-0.4, -0.2) is 46.5 Å². The maximum absolute atomic E-state index is 13.8. The van der Waals surface area contributed by atoms with Gasteiger partial charge in [0.1, 0.15) is 17.7 Å². The normalized spacial score (nSPS) is 12.6. The number of benzene rings is 3. The molecule has 0 radical (unpaired) electrons. The number of ether oxygens (including phenoxy) is 1. The van der Waals surface area contributed by atoms with Crippen LogP contribution in [0.25, 0.3) is 10.8 Å². The van der Waals surface area contributed by atoms with Crippen LogP contribution < -0.4 is 10.6 Å². The van der Waals surface area contributed by atoms with Gasteiger partial charge in [-0.15, -0.1) is 0 Å². The monoisotopic (exact) mass is 531 g/mol. The number of rotatable bonds is 9. The topological polar surface area (TPSA) is 87.7 Å². The lowest BCUT2D eigenvalue weighted by atomic mass is 10.0. The zero-order chi connectivity index (χ0) is 27.7. The standard InChI is InChI=1S/C30H33N3O4S/c1-6-33(28(35)25(18-19-38-5)32-29(36)37-30(2,3)4)26(22-13-8-7-9-14-22)27(34)31-24-17-16-21-12-10-11-15-23(21)20-24/h1,7-17,20,25-26H,18-19H2,2-5H3,(H,31,34)(H,32,36). The number of carbonyl (C=O) groups is 3. The van der Waals surface area contributed by atoms with Gasteiger partial charge >= 0.3 is 6.09 Å². The van der Waals surface area contributed by atoms with Crippen LogP contribution in [0.15, 0.2) is 72.8 Å². The van der Waals surface area contributed by atoms with Crippen molar-refractivity contribution < 1.29 is 19.1 Å². The molecule has 3 amide bonds. The van der Waals surface area contributed by atoms with Crippen LogP contribution in [0.1, 0.15) is 38.8 Å². The highest BCUT2D eigenvalue weighted by molar-refractivity contribution is 7.98. The van der Waals surface area contributed by atoms with Crippen LogP contribution >= 0.6 is 11.8 Å². The Balaban J connectivity index is 1.92. The molecule has 2 N–H and O–H groups in total. The summed E-state index contributed by atoms with van der Waals surface area (Å²) in [6.07, 6.45) is 7.32. The van der Waals surface area contributed by atoms with Gasteiger partial charge in [0.25, 0.3) is 11.8 Å². The van der Waals surface area contributed by atoms with Crippen molar-refractivity contribution >= 4 is 46.1 Å². The van der Waals surface area contributed by atoms with Gasteiger partial charge in [0.15, 0.2) is 0 Å². The summed E-state index contributed by atoms with van der Waals surface area (Å²) >= 11 is 1.53. The van der Waals surface area contributed by atoms with Crippen LogP contribution in [-0.2, 0) is 14.3 Å². The Morgan fingerprint density at radius 2 is 1.66 bits per heavy atom. The number of hydrogen-bond acceptors (Lipinski definition) is 5. The molecule has 0 aromatic heterocycles. The number of nitrogens with one attached hydrogen (secondary N) is 2. The summed E-state index contributed by atoms with van der Waals surface area (Å²) in [6, 6.07) is 22.5. The minimum Gasteiger partial charge on any atom is -0.444 e. The van der Waals surface area contributed by atoms with Gasteiger partial charge in [-0.3, -0.25) is 14.5 Å². The Morgan fingerprint density at radius 3 is 2.29 bits per heavy atom. The second-order valence-corrected chi connectivity index (χ2v) is 10.7. The fraction of sp³-hybridized carbons (Fsp3) is 0.300. The van der Waals surface area contributed by atoms with Crippen LogP contribution in [0.4, 0.5) is 10.5 Å². The van der Waals surface area contributed by atoms with Crippen molar-refractivity contribution in [2.24, 2.45) is 0 Å². The fourth-order valence-corrected chi connectivity index (χ4v) is 4.38. The summed E-state index contributed by atoms with van der Waals surface area (Å²) in [5.41, 5.74) is 0.373. The van der Waals surface area contributed by atoms with E-state index in [2.05, 4.69) is 16.7 Å². The van der Waals surface area contributed by atoms with Crippen LogP contribution in [0.3, 0.4) is 0 Å². The zero-order valence-corrected chi connectivity index (χ0v) is 22.9. The number of anilines is 1. The van der Waals surface area contributed by atoms with Crippen LogP contribution in [0.5, 0.6) is 0 Å². The largest absolute Gasteiger partial charge is 0.444 e. The molecule has 2 atom stereocenters. The van der Waals surface area contributed by atoms with Gasteiger partial charge < -0.3 is 15.4 Å². The van der Waals surface area contributed by atoms with Crippen molar-refractivity contribution in [1.82, 2.24) is 10.2 Å². The molecule has 0 saturated heterocycles. The highest BCUT2D eigenvalue weighted by Gasteiger charge is 2.35. The zero-order valence-electron chi connectivity index (χ0n) is 22.1. The summed E-state index contributed by atoms with van der Waals surface area (Å²) in [4.78, 5) is 41.0. The third-order valence-corrected chi connectivity index (χ3v) is 6.26. The molecule has 0 saturated carbocycles. The molecule has 0 spiro atoms. The van der Waals surface area contributed by atoms with Crippen molar-refractivity contribution in [3.8, 4) is 12.5 Å². The first kappa shape index (κ1) is 28.6. The van der Waals surface area contributed by atoms with E-state index in [1.807, 2.05) is 48.7 Å². The molecule has 3 aromatic carbocycles. The predicted octanol–water partition coefficient (Wildman–Crippen LogP) is 5.59. The van der Waals surface area contributed by atoms with Gasteiger partial charge in [0.05, 0.1) is 0 Å².